The van der Waals surface area contributed by atoms with Crippen LogP contribution in [0, 0.1) is 12.3 Å². The fourth-order valence-corrected chi connectivity index (χ4v) is 2.62. The van der Waals surface area contributed by atoms with Gasteiger partial charge in [0.15, 0.2) is 0 Å². The molecule has 25 heavy (non-hydrogen) atoms. The van der Waals surface area contributed by atoms with Crippen LogP contribution in [0.15, 0.2) is 24.0 Å². The molecule has 1 aromatic rings. The standard InChI is InChI=1S/C18H28N4O3/c1-11(9-24-17(19)20)16-12(2)15(25-10-18(3,4)23)6-5-14(16)22-13-7-21-8-13/h5-7,11,21-23H,8-10H2,1-4H3,(H3,19,20)/t11-/m0/s1. The largest absolute Gasteiger partial charge is 0.490 e. The normalized spacial score (nSPS) is 14.7. The Labute approximate surface area is 148 Å². The first kappa shape index (κ1) is 18.9. The summed E-state index contributed by atoms with van der Waals surface area (Å²) in [7, 11) is 0. The zero-order valence-corrected chi connectivity index (χ0v) is 15.3. The lowest BCUT2D eigenvalue weighted by Gasteiger charge is -2.26. The monoisotopic (exact) mass is 348 g/mol. The lowest BCUT2D eigenvalue weighted by molar-refractivity contribution is 0.0282. The van der Waals surface area contributed by atoms with Gasteiger partial charge in [0.2, 0.25) is 0 Å². The first-order valence-electron chi connectivity index (χ1n) is 8.32. The summed E-state index contributed by atoms with van der Waals surface area (Å²) in [6.07, 6.45) is 1.93. The van der Waals surface area contributed by atoms with Crippen LogP contribution in [0.3, 0.4) is 0 Å². The fraction of sp³-hybridized carbons (Fsp3) is 0.500. The number of benzene rings is 1. The summed E-state index contributed by atoms with van der Waals surface area (Å²) in [5.74, 6) is 0.726. The minimum Gasteiger partial charge on any atom is -0.490 e. The van der Waals surface area contributed by atoms with Crippen molar-refractivity contribution >= 4 is 11.7 Å². The molecule has 0 radical (unpaired) electrons. The highest BCUT2D eigenvalue weighted by molar-refractivity contribution is 5.68. The van der Waals surface area contributed by atoms with Crippen molar-refractivity contribution in [3.05, 3.63) is 35.2 Å². The van der Waals surface area contributed by atoms with E-state index < -0.39 is 5.60 Å². The Morgan fingerprint density at radius 2 is 2.16 bits per heavy atom. The number of nitrogens with one attached hydrogen (secondary N) is 3. The van der Waals surface area contributed by atoms with Gasteiger partial charge in [-0.25, -0.2) is 0 Å². The van der Waals surface area contributed by atoms with E-state index in [4.69, 9.17) is 20.6 Å². The summed E-state index contributed by atoms with van der Waals surface area (Å²) in [5.41, 5.74) is 8.49. The van der Waals surface area contributed by atoms with Crippen molar-refractivity contribution in [3.8, 4) is 5.75 Å². The lowest BCUT2D eigenvalue weighted by atomic mass is 9.94. The number of hydrogen-bond donors (Lipinski definition) is 5. The molecule has 0 bridgehead atoms. The molecule has 1 heterocycles. The van der Waals surface area contributed by atoms with Crippen LogP contribution in [0.2, 0.25) is 0 Å². The van der Waals surface area contributed by atoms with E-state index in [-0.39, 0.29) is 18.5 Å². The fourth-order valence-electron chi connectivity index (χ4n) is 2.62. The number of hydrogen-bond acceptors (Lipinski definition) is 6. The quantitative estimate of drug-likeness (QED) is 0.363. The smallest absolute Gasteiger partial charge is 0.279 e. The molecule has 6 N–H and O–H groups in total. The predicted octanol–water partition coefficient (Wildman–Crippen LogP) is 2.01. The predicted molar refractivity (Wildman–Crippen MR) is 99.0 cm³/mol. The highest BCUT2D eigenvalue weighted by atomic mass is 16.5. The highest BCUT2D eigenvalue weighted by Gasteiger charge is 2.21. The first-order valence-corrected chi connectivity index (χ1v) is 8.32. The molecule has 138 valence electrons. The summed E-state index contributed by atoms with van der Waals surface area (Å²) >= 11 is 0. The van der Waals surface area contributed by atoms with Gasteiger partial charge < -0.3 is 30.9 Å². The van der Waals surface area contributed by atoms with Crippen molar-refractivity contribution < 1.29 is 14.6 Å². The number of anilines is 1. The number of amidine groups is 1. The Kier molecular flexibility index (Phi) is 5.79. The Bertz CT molecular complexity index is 665. The van der Waals surface area contributed by atoms with Crippen molar-refractivity contribution in [3.63, 3.8) is 0 Å². The van der Waals surface area contributed by atoms with Crippen LogP contribution >= 0.6 is 0 Å². The number of nitrogens with two attached hydrogens (primary N) is 1. The lowest BCUT2D eigenvalue weighted by Crippen LogP contribution is -2.28. The third kappa shape index (κ3) is 5.29. The topological polar surface area (TPSA) is 113 Å². The number of rotatable bonds is 8. The minimum atomic E-state index is -0.907. The summed E-state index contributed by atoms with van der Waals surface area (Å²) in [6, 6.07) is 3.57. The van der Waals surface area contributed by atoms with Gasteiger partial charge in [-0.05, 0) is 44.0 Å². The van der Waals surface area contributed by atoms with E-state index in [1.165, 1.54) is 0 Å². The molecule has 2 rings (SSSR count). The summed E-state index contributed by atoms with van der Waals surface area (Å²) in [4.78, 5) is 0. The van der Waals surface area contributed by atoms with Gasteiger partial charge in [0.1, 0.15) is 12.4 Å². The minimum absolute atomic E-state index is 0.00530. The molecule has 1 aliphatic heterocycles. The molecule has 0 spiro atoms. The highest BCUT2D eigenvalue weighted by Crippen LogP contribution is 2.35. The molecule has 0 saturated heterocycles. The van der Waals surface area contributed by atoms with Crippen LogP contribution in [0.5, 0.6) is 5.75 Å². The second-order valence-electron chi connectivity index (χ2n) is 7.00. The van der Waals surface area contributed by atoms with Gasteiger partial charge in [-0.2, -0.15) is 0 Å². The maximum absolute atomic E-state index is 9.90. The molecule has 0 saturated carbocycles. The molecule has 0 fully saturated rings. The van der Waals surface area contributed by atoms with E-state index >= 15 is 0 Å². The molecule has 7 heteroatoms. The number of aliphatic hydroxyl groups is 1. The maximum Gasteiger partial charge on any atom is 0.279 e. The van der Waals surface area contributed by atoms with Crippen molar-refractivity contribution in [1.29, 1.82) is 5.41 Å². The Morgan fingerprint density at radius 1 is 1.48 bits per heavy atom. The maximum atomic E-state index is 9.90. The van der Waals surface area contributed by atoms with E-state index in [2.05, 4.69) is 10.6 Å². The number of ether oxygens (including phenoxy) is 2. The average molecular weight is 348 g/mol. The molecule has 0 aliphatic carbocycles. The zero-order chi connectivity index (χ0) is 18.6. The molecule has 0 amide bonds. The van der Waals surface area contributed by atoms with Crippen LogP contribution in [-0.2, 0) is 4.74 Å². The molecule has 0 unspecified atom stereocenters. The summed E-state index contributed by atoms with van der Waals surface area (Å²) in [5, 5.41) is 23.6. The van der Waals surface area contributed by atoms with E-state index in [0.717, 1.165) is 34.8 Å². The second-order valence-corrected chi connectivity index (χ2v) is 7.00. The van der Waals surface area contributed by atoms with E-state index in [9.17, 15) is 5.11 Å². The zero-order valence-electron chi connectivity index (χ0n) is 15.3. The van der Waals surface area contributed by atoms with Crippen LogP contribution in [0.1, 0.15) is 37.8 Å². The van der Waals surface area contributed by atoms with Crippen LogP contribution in [0.4, 0.5) is 5.69 Å². The van der Waals surface area contributed by atoms with E-state index in [0.29, 0.717) is 6.61 Å². The molecule has 1 atom stereocenters. The van der Waals surface area contributed by atoms with Gasteiger partial charge in [0.25, 0.3) is 6.02 Å². The Morgan fingerprint density at radius 3 is 2.68 bits per heavy atom. The van der Waals surface area contributed by atoms with Gasteiger partial charge in [-0.15, -0.1) is 0 Å². The van der Waals surface area contributed by atoms with Crippen LogP contribution in [0.25, 0.3) is 0 Å². The Balaban J connectivity index is 2.29. The molecule has 1 aliphatic rings. The third-order valence-electron chi connectivity index (χ3n) is 3.89. The first-order chi connectivity index (χ1) is 11.7. The molecular formula is C18H28N4O3. The van der Waals surface area contributed by atoms with E-state index in [1.54, 1.807) is 13.8 Å². The average Bonchev–Trinajstić information content (AvgIpc) is 2.46. The second kappa shape index (κ2) is 7.65. The van der Waals surface area contributed by atoms with Gasteiger partial charge in [-0.3, -0.25) is 5.41 Å². The van der Waals surface area contributed by atoms with Crippen LogP contribution < -0.4 is 21.1 Å². The molecule has 7 nitrogen and oxygen atoms in total. The Hall–Kier alpha value is -2.41. The van der Waals surface area contributed by atoms with Gasteiger partial charge in [0.05, 0.1) is 24.4 Å². The van der Waals surface area contributed by atoms with Gasteiger partial charge in [-0.1, -0.05) is 6.92 Å². The SMILES string of the molecule is Cc1c(OCC(C)(C)O)ccc(NC2=CNC2)c1[C@@H](C)COC(=N)N. The van der Waals surface area contributed by atoms with Crippen molar-refractivity contribution in [2.24, 2.45) is 5.73 Å². The van der Waals surface area contributed by atoms with Gasteiger partial charge in [0, 0.05) is 17.8 Å². The van der Waals surface area contributed by atoms with E-state index in [1.807, 2.05) is 32.2 Å². The van der Waals surface area contributed by atoms with Gasteiger partial charge >= 0.3 is 0 Å². The van der Waals surface area contributed by atoms with Crippen molar-refractivity contribution in [2.45, 2.75) is 39.2 Å². The third-order valence-corrected chi connectivity index (χ3v) is 3.89. The summed E-state index contributed by atoms with van der Waals surface area (Å²) in [6.45, 7) is 8.72. The van der Waals surface area contributed by atoms with Crippen molar-refractivity contribution in [1.82, 2.24) is 5.32 Å². The summed E-state index contributed by atoms with van der Waals surface area (Å²) < 4.78 is 11.0. The molecule has 0 aromatic heterocycles. The van der Waals surface area contributed by atoms with Crippen molar-refractivity contribution in [2.75, 3.05) is 25.1 Å². The van der Waals surface area contributed by atoms with Crippen LogP contribution in [-0.4, -0.2) is 36.5 Å². The molecule has 1 aromatic carbocycles. The molecular weight excluding hydrogens is 320 g/mol.